The lowest BCUT2D eigenvalue weighted by Gasteiger charge is -2.33. The molecule has 2 N–H and O–H groups in total. The second kappa shape index (κ2) is 8.24. The fourth-order valence-electron chi connectivity index (χ4n) is 3.09. The molecule has 1 amide bonds. The van der Waals surface area contributed by atoms with Gasteiger partial charge in [-0.05, 0) is 43.0 Å². The van der Waals surface area contributed by atoms with E-state index in [1.807, 2.05) is 6.07 Å². The number of likely N-dealkylation sites (tertiary alicyclic amines) is 1. The van der Waals surface area contributed by atoms with Crippen molar-refractivity contribution < 1.29 is 19.1 Å². The summed E-state index contributed by atoms with van der Waals surface area (Å²) in [6, 6.07) is 5.60. The van der Waals surface area contributed by atoms with Crippen molar-refractivity contribution in [3.8, 4) is 0 Å². The van der Waals surface area contributed by atoms with Gasteiger partial charge in [0.15, 0.2) is 0 Å². The molecule has 132 valence electrons. The molecule has 2 atom stereocenters. The zero-order chi connectivity index (χ0) is 17.7. The molecule has 5 nitrogen and oxygen atoms in total. The van der Waals surface area contributed by atoms with Gasteiger partial charge in [0.2, 0.25) is 5.91 Å². The van der Waals surface area contributed by atoms with E-state index in [9.17, 15) is 19.1 Å². The van der Waals surface area contributed by atoms with Gasteiger partial charge in [0.25, 0.3) is 0 Å². The van der Waals surface area contributed by atoms with Crippen LogP contribution in [0, 0.1) is 17.7 Å². The van der Waals surface area contributed by atoms with Crippen molar-refractivity contribution in [2.24, 2.45) is 11.8 Å². The molecular formula is C18H25FN2O3. The van der Waals surface area contributed by atoms with Gasteiger partial charge in [0.05, 0.1) is 5.92 Å². The standard InChI is InChI=1S/C18H25FN2O3/c1-12(2)16(18(23)24)20-17(22)14-6-4-8-21(11-14)10-13-5-3-7-15(19)9-13/h3,5,7,9,12,14,16H,4,6,8,10-11H2,1-2H3,(H,20,22)(H,23,24)/t14-,16+/m1/s1. The molecule has 0 bridgehead atoms. The quantitative estimate of drug-likeness (QED) is 0.836. The van der Waals surface area contributed by atoms with Crippen LogP contribution in [0.25, 0.3) is 0 Å². The number of piperidine rings is 1. The smallest absolute Gasteiger partial charge is 0.326 e. The summed E-state index contributed by atoms with van der Waals surface area (Å²) in [5.41, 5.74) is 0.877. The lowest BCUT2D eigenvalue weighted by molar-refractivity contribution is -0.144. The second-order valence-corrected chi connectivity index (χ2v) is 6.77. The van der Waals surface area contributed by atoms with Crippen LogP contribution in [0.1, 0.15) is 32.3 Å². The molecule has 1 aliphatic heterocycles. The Hall–Kier alpha value is -1.95. The number of carboxylic acids is 1. The Bertz CT molecular complexity index is 591. The number of carbonyl (C=O) groups excluding carboxylic acids is 1. The van der Waals surface area contributed by atoms with Crippen LogP contribution in [-0.2, 0) is 16.1 Å². The lowest BCUT2D eigenvalue weighted by Crippen LogP contribution is -2.49. The molecule has 0 radical (unpaired) electrons. The number of benzene rings is 1. The molecule has 1 heterocycles. The molecule has 1 fully saturated rings. The number of aliphatic carboxylic acids is 1. The first-order valence-electron chi connectivity index (χ1n) is 8.36. The van der Waals surface area contributed by atoms with Gasteiger partial charge in [-0.15, -0.1) is 0 Å². The highest BCUT2D eigenvalue weighted by molar-refractivity contribution is 5.85. The van der Waals surface area contributed by atoms with Crippen LogP contribution in [0.5, 0.6) is 0 Å². The largest absolute Gasteiger partial charge is 0.480 e. The third-order valence-electron chi connectivity index (χ3n) is 4.40. The van der Waals surface area contributed by atoms with Crippen molar-refractivity contribution in [3.63, 3.8) is 0 Å². The highest BCUT2D eigenvalue weighted by atomic mass is 19.1. The number of hydrogen-bond acceptors (Lipinski definition) is 3. The van der Waals surface area contributed by atoms with Gasteiger partial charge in [-0.2, -0.15) is 0 Å². The zero-order valence-electron chi connectivity index (χ0n) is 14.2. The minimum Gasteiger partial charge on any atom is -0.480 e. The molecule has 6 heteroatoms. The molecule has 1 aliphatic rings. The number of hydrogen-bond donors (Lipinski definition) is 2. The van der Waals surface area contributed by atoms with Gasteiger partial charge < -0.3 is 10.4 Å². The van der Waals surface area contributed by atoms with E-state index in [2.05, 4.69) is 10.2 Å². The third kappa shape index (κ3) is 5.03. The molecular weight excluding hydrogens is 311 g/mol. The fourth-order valence-corrected chi connectivity index (χ4v) is 3.09. The maximum absolute atomic E-state index is 13.3. The van der Waals surface area contributed by atoms with Gasteiger partial charge in [-0.1, -0.05) is 26.0 Å². The number of amides is 1. The molecule has 0 aliphatic carbocycles. The van der Waals surface area contributed by atoms with E-state index in [0.29, 0.717) is 13.1 Å². The van der Waals surface area contributed by atoms with Crippen molar-refractivity contribution in [1.82, 2.24) is 10.2 Å². The molecule has 1 saturated heterocycles. The van der Waals surface area contributed by atoms with Crippen LogP contribution in [0.4, 0.5) is 4.39 Å². The van der Waals surface area contributed by atoms with Crippen molar-refractivity contribution >= 4 is 11.9 Å². The van der Waals surface area contributed by atoms with Crippen molar-refractivity contribution in [2.75, 3.05) is 13.1 Å². The van der Waals surface area contributed by atoms with E-state index >= 15 is 0 Å². The summed E-state index contributed by atoms with van der Waals surface area (Å²) in [5, 5.41) is 11.9. The monoisotopic (exact) mass is 336 g/mol. The van der Waals surface area contributed by atoms with E-state index in [1.165, 1.54) is 12.1 Å². The predicted octanol–water partition coefficient (Wildman–Crippen LogP) is 2.26. The maximum Gasteiger partial charge on any atom is 0.326 e. The summed E-state index contributed by atoms with van der Waals surface area (Å²) in [4.78, 5) is 25.8. The number of carboxylic acid groups (broad SMARTS) is 1. The molecule has 0 aromatic heterocycles. The molecule has 0 spiro atoms. The van der Waals surface area contributed by atoms with Crippen LogP contribution in [0.3, 0.4) is 0 Å². The van der Waals surface area contributed by atoms with Gasteiger partial charge in [-0.3, -0.25) is 9.69 Å². The highest BCUT2D eigenvalue weighted by Crippen LogP contribution is 2.19. The minimum atomic E-state index is -1.01. The SMILES string of the molecule is CC(C)[C@H](NC(=O)[C@@H]1CCCN(Cc2cccc(F)c2)C1)C(=O)O. The van der Waals surface area contributed by atoms with E-state index in [-0.39, 0.29) is 23.6 Å². The third-order valence-corrected chi connectivity index (χ3v) is 4.40. The number of halogens is 1. The topological polar surface area (TPSA) is 69.6 Å². The Morgan fingerprint density at radius 2 is 2.17 bits per heavy atom. The Balaban J connectivity index is 1.94. The summed E-state index contributed by atoms with van der Waals surface area (Å²) in [6.07, 6.45) is 1.61. The average Bonchev–Trinajstić information content (AvgIpc) is 2.52. The number of carbonyl (C=O) groups is 2. The van der Waals surface area contributed by atoms with Crippen molar-refractivity contribution in [2.45, 2.75) is 39.3 Å². The van der Waals surface area contributed by atoms with Crippen molar-refractivity contribution in [3.05, 3.63) is 35.6 Å². The van der Waals surface area contributed by atoms with Crippen LogP contribution >= 0.6 is 0 Å². The summed E-state index contributed by atoms with van der Waals surface area (Å²) in [6.45, 7) is 5.56. The molecule has 24 heavy (non-hydrogen) atoms. The first-order valence-corrected chi connectivity index (χ1v) is 8.36. The van der Waals surface area contributed by atoms with Gasteiger partial charge in [0.1, 0.15) is 11.9 Å². The first-order chi connectivity index (χ1) is 11.4. The Morgan fingerprint density at radius 3 is 2.79 bits per heavy atom. The number of rotatable bonds is 6. The molecule has 1 aromatic carbocycles. The van der Waals surface area contributed by atoms with Gasteiger partial charge >= 0.3 is 5.97 Å². The fraction of sp³-hybridized carbons (Fsp3) is 0.556. The van der Waals surface area contributed by atoms with Crippen LogP contribution in [-0.4, -0.2) is 41.0 Å². The van der Waals surface area contributed by atoms with E-state index in [0.717, 1.165) is 24.9 Å². The molecule has 0 unspecified atom stereocenters. The lowest BCUT2D eigenvalue weighted by atomic mass is 9.95. The summed E-state index contributed by atoms with van der Waals surface area (Å²) < 4.78 is 13.3. The summed E-state index contributed by atoms with van der Waals surface area (Å²) in [7, 11) is 0. The van der Waals surface area contributed by atoms with Crippen molar-refractivity contribution in [1.29, 1.82) is 0 Å². The van der Waals surface area contributed by atoms with Crippen LogP contribution < -0.4 is 5.32 Å². The Morgan fingerprint density at radius 1 is 1.42 bits per heavy atom. The minimum absolute atomic E-state index is 0.168. The van der Waals surface area contributed by atoms with Gasteiger partial charge in [0, 0.05) is 13.1 Å². The van der Waals surface area contributed by atoms with Gasteiger partial charge in [-0.25, -0.2) is 9.18 Å². The normalized spacial score (nSPS) is 19.9. The Kier molecular flexibility index (Phi) is 6.31. The predicted molar refractivity (Wildman–Crippen MR) is 88.8 cm³/mol. The first kappa shape index (κ1) is 18.4. The molecule has 1 aromatic rings. The molecule has 2 rings (SSSR count). The zero-order valence-corrected chi connectivity index (χ0v) is 14.2. The Labute approximate surface area is 141 Å². The van der Waals surface area contributed by atoms with E-state index < -0.39 is 12.0 Å². The molecule has 0 saturated carbocycles. The second-order valence-electron chi connectivity index (χ2n) is 6.77. The number of nitrogens with one attached hydrogen (secondary N) is 1. The van der Waals surface area contributed by atoms with E-state index in [4.69, 9.17) is 0 Å². The maximum atomic E-state index is 13.3. The van der Waals surface area contributed by atoms with Crippen LogP contribution in [0.15, 0.2) is 24.3 Å². The van der Waals surface area contributed by atoms with Crippen LogP contribution in [0.2, 0.25) is 0 Å². The summed E-state index contributed by atoms with van der Waals surface area (Å²) >= 11 is 0. The number of nitrogens with zero attached hydrogens (tertiary/aromatic N) is 1. The van der Waals surface area contributed by atoms with E-state index in [1.54, 1.807) is 19.9 Å². The highest BCUT2D eigenvalue weighted by Gasteiger charge is 2.30. The summed E-state index contributed by atoms with van der Waals surface area (Å²) in [5.74, 6) is -1.88. The average molecular weight is 336 g/mol.